The first-order chi connectivity index (χ1) is 12.2. The maximum atomic E-state index is 13.8. The summed E-state index contributed by atoms with van der Waals surface area (Å²) >= 11 is 0. The maximum Gasteiger partial charge on any atom is 0.273 e. The standard InChI is InChI=1S/C16H17FN2O6S/c1-10(11-4-6-14(24-2)13(17)8-11)18-26(22,23)16-7-5-12(19(20)21)9-15(16)25-3/h4-10,18H,1-3H3. The Labute approximate surface area is 149 Å². The van der Waals surface area contributed by atoms with E-state index in [9.17, 15) is 22.9 Å². The number of ether oxygens (including phenoxy) is 2. The molecule has 0 saturated heterocycles. The van der Waals surface area contributed by atoms with Crippen LogP contribution in [-0.2, 0) is 10.0 Å². The summed E-state index contributed by atoms with van der Waals surface area (Å²) in [5.74, 6) is -0.746. The molecule has 0 fully saturated rings. The molecule has 0 aliphatic heterocycles. The number of halogens is 1. The predicted molar refractivity (Wildman–Crippen MR) is 91.3 cm³/mol. The fourth-order valence-electron chi connectivity index (χ4n) is 2.31. The first-order valence-electron chi connectivity index (χ1n) is 7.37. The van der Waals surface area contributed by atoms with E-state index in [0.717, 1.165) is 18.2 Å². The number of sulfonamides is 1. The van der Waals surface area contributed by atoms with E-state index in [2.05, 4.69) is 4.72 Å². The van der Waals surface area contributed by atoms with Crippen LogP contribution in [0.1, 0.15) is 18.5 Å². The van der Waals surface area contributed by atoms with Crippen LogP contribution in [-0.4, -0.2) is 27.6 Å². The Morgan fingerprint density at radius 3 is 2.31 bits per heavy atom. The molecule has 0 heterocycles. The normalized spacial score (nSPS) is 12.5. The summed E-state index contributed by atoms with van der Waals surface area (Å²) < 4.78 is 51.2. The van der Waals surface area contributed by atoms with Crippen LogP contribution in [0.2, 0.25) is 0 Å². The molecule has 0 aliphatic carbocycles. The van der Waals surface area contributed by atoms with Gasteiger partial charge in [0.1, 0.15) is 10.6 Å². The largest absolute Gasteiger partial charge is 0.495 e. The number of nitro groups is 1. The SMILES string of the molecule is COc1ccc(C(C)NS(=O)(=O)c2ccc([N+](=O)[O-])cc2OC)cc1F. The second-order valence-electron chi connectivity index (χ2n) is 5.33. The van der Waals surface area contributed by atoms with Gasteiger partial charge in [0.2, 0.25) is 10.0 Å². The fraction of sp³-hybridized carbons (Fsp3) is 0.250. The molecular formula is C16H17FN2O6S. The van der Waals surface area contributed by atoms with E-state index in [0.29, 0.717) is 5.56 Å². The van der Waals surface area contributed by atoms with E-state index in [1.54, 1.807) is 0 Å². The third-order valence-electron chi connectivity index (χ3n) is 3.66. The minimum atomic E-state index is -4.07. The quantitative estimate of drug-likeness (QED) is 0.581. The van der Waals surface area contributed by atoms with Gasteiger partial charge in [-0.3, -0.25) is 10.1 Å². The van der Waals surface area contributed by atoms with E-state index in [1.165, 1.54) is 39.3 Å². The smallest absolute Gasteiger partial charge is 0.273 e. The zero-order valence-electron chi connectivity index (χ0n) is 14.2. The fourth-order valence-corrected chi connectivity index (χ4v) is 3.69. The van der Waals surface area contributed by atoms with Crippen molar-refractivity contribution in [1.29, 1.82) is 0 Å². The van der Waals surface area contributed by atoms with Crippen LogP contribution in [0, 0.1) is 15.9 Å². The minimum absolute atomic E-state index is 0.0424. The highest BCUT2D eigenvalue weighted by Gasteiger charge is 2.25. The molecule has 0 spiro atoms. The first-order valence-corrected chi connectivity index (χ1v) is 8.86. The minimum Gasteiger partial charge on any atom is -0.495 e. The van der Waals surface area contributed by atoms with Crippen molar-refractivity contribution in [2.45, 2.75) is 17.9 Å². The monoisotopic (exact) mass is 384 g/mol. The molecule has 8 nitrogen and oxygen atoms in total. The van der Waals surface area contributed by atoms with Crippen molar-refractivity contribution in [2.24, 2.45) is 0 Å². The van der Waals surface area contributed by atoms with E-state index in [-0.39, 0.29) is 22.1 Å². The van der Waals surface area contributed by atoms with Crippen molar-refractivity contribution in [3.05, 3.63) is 57.9 Å². The van der Waals surface area contributed by atoms with Gasteiger partial charge in [0, 0.05) is 12.1 Å². The molecule has 140 valence electrons. The first kappa shape index (κ1) is 19.6. The Balaban J connectivity index is 2.33. The molecule has 0 bridgehead atoms. The molecule has 10 heteroatoms. The molecule has 0 aromatic heterocycles. The highest BCUT2D eigenvalue weighted by molar-refractivity contribution is 7.89. The van der Waals surface area contributed by atoms with E-state index >= 15 is 0 Å². The highest BCUT2D eigenvalue weighted by atomic mass is 32.2. The molecule has 26 heavy (non-hydrogen) atoms. The third kappa shape index (κ3) is 4.09. The Morgan fingerprint density at radius 1 is 1.12 bits per heavy atom. The van der Waals surface area contributed by atoms with Gasteiger partial charge in [-0.2, -0.15) is 0 Å². The average molecular weight is 384 g/mol. The molecule has 1 unspecified atom stereocenters. The van der Waals surface area contributed by atoms with Crippen LogP contribution in [0.25, 0.3) is 0 Å². The summed E-state index contributed by atoms with van der Waals surface area (Å²) in [7, 11) is -1.54. The van der Waals surface area contributed by atoms with Crippen molar-refractivity contribution < 1.29 is 27.2 Å². The highest BCUT2D eigenvalue weighted by Crippen LogP contribution is 2.30. The zero-order chi connectivity index (χ0) is 19.5. The Morgan fingerprint density at radius 2 is 1.77 bits per heavy atom. The van der Waals surface area contributed by atoms with Gasteiger partial charge in [-0.1, -0.05) is 6.07 Å². The number of benzene rings is 2. The molecule has 0 amide bonds. The number of nitrogens with zero attached hydrogens (tertiary/aromatic N) is 1. The number of rotatable bonds is 7. The summed E-state index contributed by atoms with van der Waals surface area (Å²) in [6, 6.07) is 6.49. The lowest BCUT2D eigenvalue weighted by molar-refractivity contribution is -0.385. The Bertz CT molecular complexity index is 932. The van der Waals surface area contributed by atoms with Gasteiger partial charge in [-0.25, -0.2) is 17.5 Å². The van der Waals surface area contributed by atoms with Crippen molar-refractivity contribution in [3.63, 3.8) is 0 Å². The Kier molecular flexibility index (Phi) is 5.78. The summed E-state index contributed by atoms with van der Waals surface area (Å²) in [4.78, 5) is 9.90. The molecule has 0 radical (unpaired) electrons. The lowest BCUT2D eigenvalue weighted by Gasteiger charge is -2.17. The molecule has 1 atom stereocenters. The van der Waals surface area contributed by atoms with Crippen LogP contribution >= 0.6 is 0 Å². The maximum absolute atomic E-state index is 13.8. The van der Waals surface area contributed by atoms with Crippen molar-refractivity contribution in [2.75, 3.05) is 14.2 Å². The summed E-state index contributed by atoms with van der Waals surface area (Å²) in [5, 5.41) is 10.8. The van der Waals surface area contributed by atoms with Crippen molar-refractivity contribution in [1.82, 2.24) is 4.72 Å². The summed E-state index contributed by atoms with van der Waals surface area (Å²) in [6.45, 7) is 1.54. The van der Waals surface area contributed by atoms with Gasteiger partial charge < -0.3 is 9.47 Å². The van der Waals surface area contributed by atoms with Crippen LogP contribution in [0.4, 0.5) is 10.1 Å². The second-order valence-corrected chi connectivity index (χ2v) is 7.01. The molecule has 0 saturated carbocycles. The number of methoxy groups -OCH3 is 2. The molecule has 2 aromatic rings. The van der Waals surface area contributed by atoms with Crippen LogP contribution in [0.15, 0.2) is 41.3 Å². The lowest BCUT2D eigenvalue weighted by atomic mass is 10.1. The molecular weight excluding hydrogens is 367 g/mol. The van der Waals surface area contributed by atoms with E-state index in [1.807, 2.05) is 0 Å². The average Bonchev–Trinajstić information content (AvgIpc) is 2.60. The molecule has 1 N–H and O–H groups in total. The van der Waals surface area contributed by atoms with Gasteiger partial charge in [-0.05, 0) is 30.7 Å². The van der Waals surface area contributed by atoms with E-state index < -0.39 is 26.8 Å². The summed E-state index contributed by atoms with van der Waals surface area (Å²) in [6.07, 6.45) is 0. The lowest BCUT2D eigenvalue weighted by Crippen LogP contribution is -2.27. The van der Waals surface area contributed by atoms with Gasteiger partial charge in [0.05, 0.1) is 25.2 Å². The second kappa shape index (κ2) is 7.67. The Hall–Kier alpha value is -2.72. The van der Waals surface area contributed by atoms with Crippen LogP contribution in [0.5, 0.6) is 11.5 Å². The molecule has 2 rings (SSSR count). The van der Waals surface area contributed by atoms with Crippen molar-refractivity contribution >= 4 is 15.7 Å². The van der Waals surface area contributed by atoms with Gasteiger partial charge in [-0.15, -0.1) is 0 Å². The topological polar surface area (TPSA) is 108 Å². The molecule has 0 aliphatic rings. The number of nitrogens with one attached hydrogen (secondary N) is 1. The number of non-ortho nitro benzene ring substituents is 1. The number of nitro benzene ring substituents is 1. The number of hydrogen-bond donors (Lipinski definition) is 1. The summed E-state index contributed by atoms with van der Waals surface area (Å²) in [5.41, 5.74) is 0.0822. The predicted octanol–water partition coefficient (Wildman–Crippen LogP) is 2.79. The number of hydrogen-bond acceptors (Lipinski definition) is 6. The van der Waals surface area contributed by atoms with Crippen LogP contribution < -0.4 is 14.2 Å². The van der Waals surface area contributed by atoms with Gasteiger partial charge in [0.25, 0.3) is 5.69 Å². The van der Waals surface area contributed by atoms with E-state index in [4.69, 9.17) is 9.47 Å². The molecule has 2 aromatic carbocycles. The van der Waals surface area contributed by atoms with Crippen LogP contribution in [0.3, 0.4) is 0 Å². The zero-order valence-corrected chi connectivity index (χ0v) is 15.0. The van der Waals surface area contributed by atoms with Gasteiger partial charge >= 0.3 is 0 Å². The van der Waals surface area contributed by atoms with Gasteiger partial charge in [0.15, 0.2) is 11.6 Å². The third-order valence-corrected chi connectivity index (χ3v) is 5.24. The van der Waals surface area contributed by atoms with Crippen molar-refractivity contribution in [3.8, 4) is 11.5 Å².